The highest BCUT2D eigenvalue weighted by atomic mass is 32.1. The molecule has 29 heavy (non-hydrogen) atoms. The second-order valence-corrected chi connectivity index (χ2v) is 9.24. The van der Waals surface area contributed by atoms with Crippen LogP contribution in [0.5, 0.6) is 0 Å². The number of aromatic nitrogens is 2. The lowest BCUT2D eigenvalue weighted by molar-refractivity contribution is 0.0623. The Morgan fingerprint density at radius 1 is 1.10 bits per heavy atom. The van der Waals surface area contributed by atoms with E-state index in [9.17, 15) is 9.18 Å². The lowest BCUT2D eigenvalue weighted by Crippen LogP contribution is -2.42. The van der Waals surface area contributed by atoms with E-state index in [1.807, 2.05) is 33.7 Å². The van der Waals surface area contributed by atoms with Crippen LogP contribution < -0.4 is 0 Å². The van der Waals surface area contributed by atoms with E-state index in [0.29, 0.717) is 11.8 Å². The van der Waals surface area contributed by atoms with E-state index < -0.39 is 0 Å². The van der Waals surface area contributed by atoms with Crippen LogP contribution in [0.25, 0.3) is 26.4 Å². The van der Waals surface area contributed by atoms with Gasteiger partial charge in [0.1, 0.15) is 5.82 Å². The first-order chi connectivity index (χ1) is 14.0. The van der Waals surface area contributed by atoms with Crippen molar-refractivity contribution in [1.29, 1.82) is 0 Å². The minimum absolute atomic E-state index is 0.114. The standard InChI is InChI=1S/C23H22FN3OS/c1-14-9-15(2)12-26(11-14)22(28)17-5-8-20-21(10-17)29-23-25-19(13-27(20)23)16-3-6-18(24)7-4-16/h3-8,10,13-15H,9,11-12H2,1-2H3/t14-,15+. The first-order valence-electron chi connectivity index (χ1n) is 9.95. The molecule has 5 rings (SSSR count). The van der Waals surface area contributed by atoms with Crippen molar-refractivity contribution in [2.24, 2.45) is 11.8 Å². The molecular formula is C23H22FN3OS. The zero-order chi connectivity index (χ0) is 20.1. The van der Waals surface area contributed by atoms with E-state index in [4.69, 9.17) is 4.98 Å². The third kappa shape index (κ3) is 3.31. The molecule has 0 radical (unpaired) electrons. The molecule has 2 aromatic heterocycles. The van der Waals surface area contributed by atoms with Gasteiger partial charge in [0, 0.05) is 30.4 Å². The lowest BCUT2D eigenvalue weighted by atomic mass is 9.91. The topological polar surface area (TPSA) is 37.6 Å². The lowest BCUT2D eigenvalue weighted by Gasteiger charge is -2.35. The number of imidazole rings is 1. The van der Waals surface area contributed by atoms with Gasteiger partial charge in [-0.05, 0) is 60.7 Å². The van der Waals surface area contributed by atoms with Crippen LogP contribution >= 0.6 is 11.3 Å². The predicted molar refractivity (Wildman–Crippen MR) is 115 cm³/mol. The van der Waals surface area contributed by atoms with Crippen molar-refractivity contribution in [3.05, 3.63) is 60.0 Å². The number of amides is 1. The van der Waals surface area contributed by atoms with Gasteiger partial charge in [0.25, 0.3) is 5.91 Å². The predicted octanol–water partition coefficient (Wildman–Crippen LogP) is 5.47. The molecule has 0 unspecified atom stereocenters. The van der Waals surface area contributed by atoms with Crippen LogP contribution in [0, 0.1) is 17.7 Å². The number of benzene rings is 2. The Balaban J connectivity index is 1.48. The summed E-state index contributed by atoms with van der Waals surface area (Å²) < 4.78 is 16.3. The van der Waals surface area contributed by atoms with Crippen molar-refractivity contribution < 1.29 is 9.18 Å². The Bertz CT molecular complexity index is 1200. The largest absolute Gasteiger partial charge is 0.338 e. The maximum atomic E-state index is 13.2. The van der Waals surface area contributed by atoms with E-state index in [1.165, 1.54) is 18.6 Å². The Morgan fingerprint density at radius 2 is 1.83 bits per heavy atom. The van der Waals surface area contributed by atoms with Crippen molar-refractivity contribution in [3.8, 4) is 11.3 Å². The van der Waals surface area contributed by atoms with Gasteiger partial charge in [-0.25, -0.2) is 9.37 Å². The second kappa shape index (κ2) is 6.95. The molecule has 0 aliphatic carbocycles. The summed E-state index contributed by atoms with van der Waals surface area (Å²) >= 11 is 1.57. The fourth-order valence-corrected chi connectivity index (χ4v) is 5.45. The molecule has 1 saturated heterocycles. The van der Waals surface area contributed by atoms with Crippen molar-refractivity contribution in [1.82, 2.24) is 14.3 Å². The van der Waals surface area contributed by atoms with Gasteiger partial charge in [0.05, 0.1) is 15.9 Å². The SMILES string of the molecule is C[C@@H]1C[C@H](C)CN(C(=O)c2ccc3c(c2)sc2nc(-c4ccc(F)cc4)cn23)C1. The molecule has 6 heteroatoms. The van der Waals surface area contributed by atoms with Crippen LogP contribution in [-0.2, 0) is 0 Å². The number of hydrogen-bond acceptors (Lipinski definition) is 3. The van der Waals surface area contributed by atoms with E-state index >= 15 is 0 Å². The molecule has 0 bridgehead atoms. The van der Waals surface area contributed by atoms with E-state index in [2.05, 4.69) is 13.8 Å². The fourth-order valence-electron chi connectivity index (χ4n) is 4.41. The van der Waals surface area contributed by atoms with Gasteiger partial charge in [0.15, 0.2) is 4.96 Å². The summed E-state index contributed by atoms with van der Waals surface area (Å²) in [5, 5.41) is 0. The van der Waals surface area contributed by atoms with Gasteiger partial charge in [-0.2, -0.15) is 0 Å². The molecular weight excluding hydrogens is 385 g/mol. The highest BCUT2D eigenvalue weighted by Gasteiger charge is 2.26. The molecule has 2 aromatic carbocycles. The fraction of sp³-hybridized carbons (Fsp3) is 0.304. The van der Waals surface area contributed by atoms with Gasteiger partial charge < -0.3 is 4.90 Å². The van der Waals surface area contributed by atoms with Crippen molar-refractivity contribution in [2.75, 3.05) is 13.1 Å². The third-order valence-electron chi connectivity index (χ3n) is 5.64. The molecule has 0 spiro atoms. The molecule has 0 saturated carbocycles. The molecule has 2 atom stereocenters. The number of fused-ring (bicyclic) bond motifs is 3. The monoisotopic (exact) mass is 407 g/mol. The highest BCUT2D eigenvalue weighted by Crippen LogP contribution is 2.31. The Morgan fingerprint density at radius 3 is 2.55 bits per heavy atom. The van der Waals surface area contributed by atoms with E-state index in [0.717, 1.165) is 45.1 Å². The molecule has 1 fully saturated rings. The summed E-state index contributed by atoms with van der Waals surface area (Å²) in [5.41, 5.74) is 3.47. The zero-order valence-electron chi connectivity index (χ0n) is 16.4. The molecule has 4 nitrogen and oxygen atoms in total. The maximum absolute atomic E-state index is 13.2. The Labute approximate surface area is 172 Å². The van der Waals surface area contributed by atoms with Gasteiger partial charge in [-0.15, -0.1) is 0 Å². The van der Waals surface area contributed by atoms with Crippen LogP contribution in [-0.4, -0.2) is 33.3 Å². The van der Waals surface area contributed by atoms with E-state index in [-0.39, 0.29) is 11.7 Å². The van der Waals surface area contributed by atoms with Crippen LogP contribution in [0.4, 0.5) is 4.39 Å². The molecule has 1 aliphatic rings. The van der Waals surface area contributed by atoms with Crippen molar-refractivity contribution in [3.63, 3.8) is 0 Å². The minimum atomic E-state index is -0.255. The minimum Gasteiger partial charge on any atom is -0.338 e. The van der Waals surface area contributed by atoms with Crippen molar-refractivity contribution in [2.45, 2.75) is 20.3 Å². The number of hydrogen-bond donors (Lipinski definition) is 0. The third-order valence-corrected chi connectivity index (χ3v) is 6.65. The van der Waals surface area contributed by atoms with Crippen molar-refractivity contribution >= 4 is 32.4 Å². The second-order valence-electron chi connectivity index (χ2n) is 8.23. The number of carbonyl (C=O) groups excluding carboxylic acids is 1. The summed E-state index contributed by atoms with van der Waals surface area (Å²) in [6, 6.07) is 12.3. The van der Waals surface area contributed by atoms with Gasteiger partial charge in [0.2, 0.25) is 0 Å². The number of halogens is 1. The average molecular weight is 408 g/mol. The van der Waals surface area contributed by atoms with Gasteiger partial charge >= 0.3 is 0 Å². The van der Waals surface area contributed by atoms with Crippen LogP contribution in [0.1, 0.15) is 30.6 Å². The smallest absolute Gasteiger partial charge is 0.253 e. The number of carbonyl (C=O) groups is 1. The van der Waals surface area contributed by atoms with Gasteiger partial charge in [-0.1, -0.05) is 25.2 Å². The number of piperidine rings is 1. The molecule has 1 aliphatic heterocycles. The summed E-state index contributed by atoms with van der Waals surface area (Å²) in [6.45, 7) is 6.09. The van der Waals surface area contributed by atoms with Gasteiger partial charge in [-0.3, -0.25) is 9.20 Å². The number of likely N-dealkylation sites (tertiary alicyclic amines) is 1. The Hall–Kier alpha value is -2.73. The normalized spacial score (nSPS) is 19.9. The number of thiazole rings is 1. The molecule has 4 aromatic rings. The van der Waals surface area contributed by atoms with Crippen LogP contribution in [0.2, 0.25) is 0 Å². The quantitative estimate of drug-likeness (QED) is 0.442. The van der Waals surface area contributed by atoms with Crippen LogP contribution in [0.15, 0.2) is 48.7 Å². The maximum Gasteiger partial charge on any atom is 0.253 e. The molecule has 0 N–H and O–H groups in total. The summed E-state index contributed by atoms with van der Waals surface area (Å²) in [5.74, 6) is 0.945. The molecule has 1 amide bonds. The summed E-state index contributed by atoms with van der Waals surface area (Å²) in [4.78, 5) is 20.6. The molecule has 148 valence electrons. The Kier molecular flexibility index (Phi) is 4.39. The molecule has 3 heterocycles. The first kappa shape index (κ1) is 18.3. The van der Waals surface area contributed by atoms with Crippen LogP contribution in [0.3, 0.4) is 0 Å². The number of rotatable bonds is 2. The van der Waals surface area contributed by atoms with E-state index in [1.54, 1.807) is 23.5 Å². The number of nitrogens with zero attached hydrogens (tertiary/aromatic N) is 3. The summed E-state index contributed by atoms with van der Waals surface area (Å²) in [7, 11) is 0. The first-order valence-corrected chi connectivity index (χ1v) is 10.8. The summed E-state index contributed by atoms with van der Waals surface area (Å²) in [6.07, 6.45) is 3.15. The zero-order valence-corrected chi connectivity index (χ0v) is 17.2. The highest BCUT2D eigenvalue weighted by molar-refractivity contribution is 7.23. The average Bonchev–Trinajstić information content (AvgIpc) is 3.24.